The number of methoxy groups -OCH3 is 1. The molecular weight excluding hydrogens is 406 g/mol. The topological polar surface area (TPSA) is 90.4 Å². The van der Waals surface area contributed by atoms with Crippen molar-refractivity contribution in [3.63, 3.8) is 0 Å². The largest absolute Gasteiger partial charge is 0.493 e. The van der Waals surface area contributed by atoms with Crippen LogP contribution in [0.4, 0.5) is 5.69 Å². The first-order valence-electron chi connectivity index (χ1n) is 9.02. The molecule has 2 aromatic carbocycles. The number of furan rings is 1. The van der Waals surface area contributed by atoms with Crippen molar-refractivity contribution in [2.24, 2.45) is 0 Å². The molecule has 0 unspecified atom stereocenters. The van der Waals surface area contributed by atoms with E-state index in [1.165, 1.54) is 7.11 Å². The molecule has 0 fully saturated rings. The maximum Gasteiger partial charge on any atom is 0.291 e. The first kappa shape index (κ1) is 18.2. The van der Waals surface area contributed by atoms with Gasteiger partial charge in [-0.1, -0.05) is 29.8 Å². The number of hydrogen-bond acceptors (Lipinski definition) is 6. The molecule has 3 aromatic heterocycles. The second kappa shape index (κ2) is 7.20. The number of carbonyl (C=O) groups is 1. The molecule has 0 bridgehead atoms. The molecule has 5 rings (SSSR count). The maximum atomic E-state index is 12.8. The van der Waals surface area contributed by atoms with Gasteiger partial charge in [-0.3, -0.25) is 4.79 Å². The molecule has 1 N–H and O–H groups in total. The van der Waals surface area contributed by atoms with Crippen LogP contribution in [0.15, 0.2) is 69.6 Å². The van der Waals surface area contributed by atoms with Gasteiger partial charge < -0.3 is 18.9 Å². The third-order valence-electron chi connectivity index (χ3n) is 4.56. The molecule has 148 valence electrons. The molecule has 30 heavy (non-hydrogen) atoms. The molecule has 1 amide bonds. The van der Waals surface area contributed by atoms with Crippen molar-refractivity contribution in [1.29, 1.82) is 0 Å². The van der Waals surface area contributed by atoms with Gasteiger partial charge in [-0.15, -0.1) is 0 Å². The molecule has 0 aliphatic carbocycles. The maximum absolute atomic E-state index is 12.8. The van der Waals surface area contributed by atoms with Crippen LogP contribution in [-0.2, 0) is 0 Å². The van der Waals surface area contributed by atoms with E-state index >= 15 is 0 Å². The second-order valence-electron chi connectivity index (χ2n) is 6.49. The Labute approximate surface area is 175 Å². The number of fused-ring (bicyclic) bond motifs is 2. The van der Waals surface area contributed by atoms with Gasteiger partial charge in [0.2, 0.25) is 5.89 Å². The Bertz CT molecular complexity index is 1340. The van der Waals surface area contributed by atoms with E-state index in [1.54, 1.807) is 42.6 Å². The molecule has 0 saturated heterocycles. The number of benzene rings is 2. The third-order valence-corrected chi connectivity index (χ3v) is 4.84. The van der Waals surface area contributed by atoms with Crippen molar-refractivity contribution in [2.75, 3.05) is 12.4 Å². The molecule has 0 spiro atoms. The fourth-order valence-corrected chi connectivity index (χ4v) is 3.48. The molecule has 5 aromatic rings. The van der Waals surface area contributed by atoms with Crippen LogP contribution in [0.25, 0.3) is 33.7 Å². The number of rotatable bonds is 4. The second-order valence-corrected chi connectivity index (χ2v) is 6.89. The highest BCUT2D eigenvalue weighted by atomic mass is 35.5. The molecule has 0 saturated carbocycles. The van der Waals surface area contributed by atoms with Gasteiger partial charge in [0.25, 0.3) is 5.91 Å². The van der Waals surface area contributed by atoms with Crippen LogP contribution in [0.2, 0.25) is 5.02 Å². The number of pyridine rings is 1. The van der Waals surface area contributed by atoms with Crippen molar-refractivity contribution >= 4 is 45.4 Å². The summed E-state index contributed by atoms with van der Waals surface area (Å²) in [6.07, 6.45) is 1.63. The van der Waals surface area contributed by atoms with Crippen LogP contribution in [0, 0.1) is 0 Å². The molecule has 7 nitrogen and oxygen atoms in total. The molecule has 0 aliphatic rings. The van der Waals surface area contributed by atoms with Crippen LogP contribution >= 0.6 is 11.6 Å². The summed E-state index contributed by atoms with van der Waals surface area (Å²) < 4.78 is 16.8. The number of amides is 1. The Kier molecular flexibility index (Phi) is 4.37. The highest BCUT2D eigenvalue weighted by Gasteiger charge is 2.19. The summed E-state index contributed by atoms with van der Waals surface area (Å²) in [6, 6.07) is 15.9. The Morgan fingerprint density at radius 3 is 2.70 bits per heavy atom. The van der Waals surface area contributed by atoms with Crippen LogP contribution in [0.5, 0.6) is 5.75 Å². The average molecular weight is 420 g/mol. The summed E-state index contributed by atoms with van der Waals surface area (Å²) in [5, 5.41) is 3.93. The summed E-state index contributed by atoms with van der Waals surface area (Å²) in [7, 11) is 1.47. The van der Waals surface area contributed by atoms with Crippen LogP contribution in [0.1, 0.15) is 10.6 Å². The van der Waals surface area contributed by atoms with Gasteiger partial charge in [-0.05, 0) is 36.4 Å². The highest BCUT2D eigenvalue weighted by molar-refractivity contribution is 6.33. The van der Waals surface area contributed by atoms with Crippen molar-refractivity contribution < 1.29 is 18.4 Å². The first-order valence-corrected chi connectivity index (χ1v) is 9.39. The number of nitrogens with one attached hydrogen (secondary N) is 1. The van der Waals surface area contributed by atoms with Crippen LogP contribution < -0.4 is 10.1 Å². The van der Waals surface area contributed by atoms with E-state index in [9.17, 15) is 4.79 Å². The number of carbonyl (C=O) groups excluding carboxylic acids is 1. The normalized spacial score (nSPS) is 11.1. The number of oxazole rings is 1. The quantitative estimate of drug-likeness (QED) is 0.410. The first-order chi connectivity index (χ1) is 14.6. The smallest absolute Gasteiger partial charge is 0.291 e. The van der Waals surface area contributed by atoms with Gasteiger partial charge in [0.1, 0.15) is 5.58 Å². The predicted octanol–water partition coefficient (Wildman–Crippen LogP) is 5.55. The molecular formula is C22H14ClN3O4. The lowest BCUT2D eigenvalue weighted by Crippen LogP contribution is -2.12. The number of halogens is 1. The fourth-order valence-electron chi connectivity index (χ4n) is 3.19. The summed E-state index contributed by atoms with van der Waals surface area (Å²) in [5.74, 6) is 0.384. The van der Waals surface area contributed by atoms with Gasteiger partial charge in [0, 0.05) is 17.1 Å². The monoisotopic (exact) mass is 419 g/mol. The lowest BCUT2D eigenvalue weighted by molar-refractivity contribution is 0.0998. The summed E-state index contributed by atoms with van der Waals surface area (Å²) >= 11 is 6.39. The van der Waals surface area contributed by atoms with E-state index in [0.29, 0.717) is 44.7 Å². The SMILES string of the molecule is COc1c(Cl)cc(-c2nc3ncccc3o2)cc1NC(=O)c1cc2ccccc2o1. The molecule has 0 radical (unpaired) electrons. The third kappa shape index (κ3) is 3.15. The average Bonchev–Trinajstić information content (AvgIpc) is 3.38. The fraction of sp³-hybridized carbons (Fsp3) is 0.0455. The molecule has 3 heterocycles. The summed E-state index contributed by atoms with van der Waals surface area (Å²) in [6.45, 7) is 0. The van der Waals surface area contributed by atoms with E-state index in [2.05, 4.69) is 15.3 Å². The summed E-state index contributed by atoms with van der Waals surface area (Å²) in [4.78, 5) is 21.3. The van der Waals surface area contributed by atoms with E-state index in [4.69, 9.17) is 25.2 Å². The summed E-state index contributed by atoms with van der Waals surface area (Å²) in [5.41, 5.74) is 2.58. The Morgan fingerprint density at radius 1 is 1.07 bits per heavy atom. The Hall–Kier alpha value is -3.84. The molecule has 0 aliphatic heterocycles. The highest BCUT2D eigenvalue weighted by Crippen LogP contribution is 2.38. The minimum atomic E-state index is -0.433. The minimum Gasteiger partial charge on any atom is -0.493 e. The van der Waals surface area contributed by atoms with Crippen molar-refractivity contribution in [3.8, 4) is 17.2 Å². The van der Waals surface area contributed by atoms with Gasteiger partial charge >= 0.3 is 0 Å². The number of hydrogen-bond donors (Lipinski definition) is 1. The van der Waals surface area contributed by atoms with Crippen LogP contribution in [0.3, 0.4) is 0 Å². The minimum absolute atomic E-state index is 0.172. The zero-order chi connectivity index (χ0) is 20.7. The van der Waals surface area contributed by atoms with Gasteiger partial charge in [0.15, 0.2) is 22.7 Å². The number of para-hydroxylation sites is 1. The predicted molar refractivity (Wildman–Crippen MR) is 113 cm³/mol. The van der Waals surface area contributed by atoms with Crippen molar-refractivity contribution in [1.82, 2.24) is 9.97 Å². The van der Waals surface area contributed by atoms with Crippen molar-refractivity contribution in [3.05, 3.63) is 71.6 Å². The standard InChI is InChI=1S/C22H14ClN3O4/c1-28-19-14(23)9-13(22-26-20-17(30-22)7-4-8-24-20)10-15(19)25-21(27)18-11-12-5-2-3-6-16(12)29-18/h2-11H,1H3,(H,25,27). The zero-order valence-corrected chi connectivity index (χ0v) is 16.4. The molecule has 8 heteroatoms. The van der Waals surface area contributed by atoms with E-state index in [-0.39, 0.29) is 5.76 Å². The number of nitrogens with zero attached hydrogens (tertiary/aromatic N) is 2. The lowest BCUT2D eigenvalue weighted by atomic mass is 10.1. The van der Waals surface area contributed by atoms with E-state index in [0.717, 1.165) is 5.39 Å². The number of anilines is 1. The number of aromatic nitrogens is 2. The zero-order valence-electron chi connectivity index (χ0n) is 15.7. The van der Waals surface area contributed by atoms with Gasteiger partial charge in [-0.2, -0.15) is 4.98 Å². The lowest BCUT2D eigenvalue weighted by Gasteiger charge is -2.12. The van der Waals surface area contributed by atoms with E-state index < -0.39 is 5.91 Å². The van der Waals surface area contributed by atoms with Crippen LogP contribution in [-0.4, -0.2) is 23.0 Å². The van der Waals surface area contributed by atoms with Crippen molar-refractivity contribution in [2.45, 2.75) is 0 Å². The number of ether oxygens (including phenoxy) is 1. The van der Waals surface area contributed by atoms with E-state index in [1.807, 2.05) is 18.2 Å². The van der Waals surface area contributed by atoms with Gasteiger partial charge in [-0.25, -0.2) is 4.98 Å². The van der Waals surface area contributed by atoms with Gasteiger partial charge in [0.05, 0.1) is 17.8 Å². The molecule has 0 atom stereocenters. The Balaban J connectivity index is 1.54. The Morgan fingerprint density at radius 2 is 1.90 bits per heavy atom.